The van der Waals surface area contributed by atoms with E-state index < -0.39 is 13.9 Å². The van der Waals surface area contributed by atoms with Crippen molar-refractivity contribution < 1.29 is 28.4 Å². The van der Waals surface area contributed by atoms with Gasteiger partial charge in [0.05, 0.1) is 13.0 Å². The second-order valence-electron chi connectivity index (χ2n) is 15.4. The van der Waals surface area contributed by atoms with Crippen molar-refractivity contribution >= 4 is 42.0 Å². The first-order valence-corrected chi connectivity index (χ1v) is 21.3. The molecule has 2 aromatic rings. The summed E-state index contributed by atoms with van der Waals surface area (Å²) in [7, 11) is 1.36. The van der Waals surface area contributed by atoms with Crippen LogP contribution < -0.4 is 0 Å². The van der Waals surface area contributed by atoms with Crippen molar-refractivity contribution in [3.63, 3.8) is 0 Å². The first-order chi connectivity index (χ1) is 22.8. The molecule has 1 saturated heterocycles. The number of hydrogen-bond acceptors (Lipinski definition) is 6. The van der Waals surface area contributed by atoms with Crippen LogP contribution in [0.15, 0.2) is 53.0 Å². The van der Waals surface area contributed by atoms with Gasteiger partial charge in [-0.15, -0.1) is 0 Å². The lowest BCUT2D eigenvalue weighted by Gasteiger charge is -2.39. The van der Waals surface area contributed by atoms with Gasteiger partial charge in [-0.05, 0) is 81.8 Å². The third-order valence-corrected chi connectivity index (χ3v) is 14.7. The monoisotopic (exact) mass is 776 g/mol. The second-order valence-corrected chi connectivity index (χ2v) is 21.1. The zero-order chi connectivity index (χ0) is 37.0. The summed E-state index contributed by atoms with van der Waals surface area (Å²) >= 11 is 3.50. The summed E-state index contributed by atoms with van der Waals surface area (Å²) in [5.74, 6) is 0.302. The fourth-order valence-electron chi connectivity index (χ4n) is 4.92. The van der Waals surface area contributed by atoms with Crippen LogP contribution in [0, 0.1) is 11.8 Å². The van der Waals surface area contributed by atoms with E-state index in [1.165, 1.54) is 41.5 Å². The average Bonchev–Trinajstić information content (AvgIpc) is 2.95. The Labute approximate surface area is 312 Å². The average molecular weight is 778 g/mol. The number of carbonyl (C=O) groups is 3. The highest BCUT2D eigenvalue weighted by Gasteiger charge is 2.39. The van der Waals surface area contributed by atoms with Crippen LogP contribution in [-0.4, -0.2) is 75.5 Å². The molecule has 0 bridgehead atoms. The molecule has 2 fully saturated rings. The molecule has 0 radical (unpaired) electrons. The molecule has 10 heteroatoms. The first kappa shape index (κ1) is 45.5. The highest BCUT2D eigenvalue weighted by atomic mass is 79.9. The number of hydrogen-bond donors (Lipinski definition) is 0. The Bertz CT molecular complexity index is 1350. The van der Waals surface area contributed by atoms with E-state index in [0.717, 1.165) is 30.4 Å². The number of benzene rings is 2. The van der Waals surface area contributed by atoms with E-state index in [-0.39, 0.29) is 42.1 Å². The van der Waals surface area contributed by atoms with Gasteiger partial charge >= 0.3 is 6.09 Å². The number of aryl methyl sites for hydroxylation is 1. The molecule has 4 rings (SSSR count). The predicted octanol–water partition coefficient (Wildman–Crippen LogP) is 10.1. The van der Waals surface area contributed by atoms with Gasteiger partial charge in [-0.3, -0.25) is 14.4 Å². The van der Waals surface area contributed by atoms with Crippen LogP contribution in [0.4, 0.5) is 4.79 Å². The predicted molar refractivity (Wildman–Crippen MR) is 211 cm³/mol. The van der Waals surface area contributed by atoms with Crippen LogP contribution in [0.5, 0.6) is 0 Å². The smallest absolute Gasteiger partial charge is 0.410 e. The Morgan fingerprint density at radius 1 is 0.900 bits per heavy atom. The van der Waals surface area contributed by atoms with Crippen LogP contribution in [0.25, 0.3) is 0 Å². The van der Waals surface area contributed by atoms with Crippen molar-refractivity contribution in [1.29, 1.82) is 0 Å². The second kappa shape index (κ2) is 20.5. The summed E-state index contributed by atoms with van der Waals surface area (Å²) in [5, 5.41) is 1.48. The summed E-state index contributed by atoms with van der Waals surface area (Å²) in [6.07, 6.45) is 6.01. The molecule has 282 valence electrons. The lowest BCUT2D eigenvalue weighted by molar-refractivity contribution is -0.176. The summed E-state index contributed by atoms with van der Waals surface area (Å²) < 4.78 is 12.9. The van der Waals surface area contributed by atoms with Gasteiger partial charge < -0.3 is 14.1 Å². The van der Waals surface area contributed by atoms with Crippen molar-refractivity contribution in [2.75, 3.05) is 33.9 Å². The lowest BCUT2D eigenvalue weighted by Crippen LogP contribution is -2.54. The molecule has 1 saturated carbocycles. The van der Waals surface area contributed by atoms with Gasteiger partial charge in [-0.2, -0.15) is 0 Å². The summed E-state index contributed by atoms with van der Waals surface area (Å²) in [5.41, 5.74) is 2.65. The number of rotatable bonds is 10. The highest BCUT2D eigenvalue weighted by molar-refractivity contribution is 9.10. The summed E-state index contributed by atoms with van der Waals surface area (Å²) in [6, 6.07) is 16.1. The number of likely N-dealkylation sites (tertiary alicyclic amines) is 1. The van der Waals surface area contributed by atoms with Crippen LogP contribution in [0.1, 0.15) is 103 Å². The third-order valence-electron chi connectivity index (χ3n) is 9.34. The Morgan fingerprint density at radius 2 is 1.46 bits per heavy atom. The van der Waals surface area contributed by atoms with Gasteiger partial charge in [0.15, 0.2) is 14.1 Å². The van der Waals surface area contributed by atoms with Crippen LogP contribution in [-0.2, 0) is 31.6 Å². The summed E-state index contributed by atoms with van der Waals surface area (Å²) in [4.78, 5) is 42.6. The molecule has 50 heavy (non-hydrogen) atoms. The Balaban J connectivity index is 0.000000482. The van der Waals surface area contributed by atoms with Gasteiger partial charge in [0.25, 0.3) is 0 Å². The molecule has 8 nitrogen and oxygen atoms in total. The Kier molecular flexibility index (Phi) is 18.6. The maximum absolute atomic E-state index is 13.0. The van der Waals surface area contributed by atoms with E-state index in [1.54, 1.807) is 11.9 Å². The van der Waals surface area contributed by atoms with Crippen LogP contribution >= 0.6 is 15.9 Å². The van der Waals surface area contributed by atoms with E-state index >= 15 is 0 Å². The maximum Gasteiger partial charge on any atom is 0.410 e. The van der Waals surface area contributed by atoms with Crippen molar-refractivity contribution in [2.45, 2.75) is 118 Å². The van der Waals surface area contributed by atoms with Gasteiger partial charge in [-0.1, -0.05) is 106 Å². The third kappa shape index (κ3) is 14.2. The molecule has 0 spiro atoms. The van der Waals surface area contributed by atoms with Gasteiger partial charge in [0.2, 0.25) is 5.91 Å². The standard InChI is InChI=1S/C23H37NO4Si.C9H11Br.C7H13NO2.CH4/c1-22(2,3)28-21(26)24-15-18(16-24)20(25)19-12-10-9-11-17(19)13-14-27-29(7,8)23(4,5)6;1-2-5-8-6-3-4-7-9(8)10;1-8(10-2)7(9)6-4-3-5-6;/h9-12,18H,13-16H2,1-8H3;3-4,6-7H,2,5H2,1H3;6H,3-5H2,1-2H3;1H4. The lowest BCUT2D eigenvalue weighted by atomic mass is 9.85. The number of carbonyl (C=O) groups excluding carboxylic acids is 3. The minimum atomic E-state index is -1.81. The molecule has 0 atom stereocenters. The van der Waals surface area contributed by atoms with E-state index in [4.69, 9.17) is 14.0 Å². The van der Waals surface area contributed by atoms with E-state index in [2.05, 4.69) is 74.9 Å². The SMILES string of the molecule is C.CC(C)(C)OC(=O)N1CC(C(=O)c2ccccc2CCO[Si](C)(C)C(C)(C)C)C1.CCCc1ccccc1Br.CON(C)C(=O)C1CCC1. The molecule has 2 aliphatic rings. The van der Waals surface area contributed by atoms with Crippen molar-refractivity contribution in [1.82, 2.24) is 9.96 Å². The molecule has 2 amide bonds. The molecular weight excluding hydrogens is 712 g/mol. The normalized spacial score (nSPS) is 14.8. The fraction of sp³-hybridized carbons (Fsp3) is 0.625. The molecule has 0 N–H and O–H groups in total. The minimum absolute atomic E-state index is 0. The molecule has 2 aromatic carbocycles. The van der Waals surface area contributed by atoms with Crippen molar-refractivity contribution in [2.24, 2.45) is 11.8 Å². The van der Waals surface area contributed by atoms with Crippen molar-refractivity contribution in [3.8, 4) is 0 Å². The number of ketones is 1. The number of Topliss-reactive ketones (excluding diaryl/α,β-unsaturated/α-hetero) is 1. The number of amides is 2. The zero-order valence-electron chi connectivity index (χ0n) is 31.9. The Hall–Kier alpha value is -2.53. The first-order valence-electron chi connectivity index (χ1n) is 17.6. The van der Waals surface area contributed by atoms with Gasteiger partial charge in [0.1, 0.15) is 5.60 Å². The molecular formula is C40H65BrN2O6Si. The number of hydroxylamine groups is 2. The molecule has 0 unspecified atom stereocenters. The van der Waals surface area contributed by atoms with E-state index in [1.807, 2.05) is 51.1 Å². The molecule has 1 heterocycles. The van der Waals surface area contributed by atoms with E-state index in [0.29, 0.717) is 19.7 Å². The summed E-state index contributed by atoms with van der Waals surface area (Å²) in [6.45, 7) is 20.3. The van der Waals surface area contributed by atoms with Crippen LogP contribution in [0.3, 0.4) is 0 Å². The van der Waals surface area contributed by atoms with Crippen LogP contribution in [0.2, 0.25) is 18.1 Å². The van der Waals surface area contributed by atoms with Gasteiger partial charge in [-0.25, -0.2) is 9.86 Å². The molecule has 1 aliphatic heterocycles. The van der Waals surface area contributed by atoms with Gasteiger partial charge in [0, 0.05) is 42.7 Å². The molecule has 0 aromatic heterocycles. The fourth-order valence-corrected chi connectivity index (χ4v) is 6.45. The number of nitrogens with zero attached hydrogens (tertiary/aromatic N) is 2. The maximum atomic E-state index is 13.0. The topological polar surface area (TPSA) is 85.4 Å². The highest BCUT2D eigenvalue weighted by Crippen LogP contribution is 2.36. The minimum Gasteiger partial charge on any atom is -0.444 e. The zero-order valence-corrected chi connectivity index (χ0v) is 34.4. The quantitative estimate of drug-likeness (QED) is 0.136. The molecule has 1 aliphatic carbocycles. The largest absolute Gasteiger partial charge is 0.444 e. The number of ether oxygens (including phenoxy) is 1. The van der Waals surface area contributed by atoms with Crippen molar-refractivity contribution in [3.05, 3.63) is 69.7 Å². The van der Waals surface area contributed by atoms with E-state index in [9.17, 15) is 14.4 Å². The number of halogens is 1. The Morgan fingerprint density at radius 3 is 1.94 bits per heavy atom.